The number of rotatable bonds is 8. The lowest BCUT2D eigenvalue weighted by atomic mass is 10.0. The average molecular weight is 415 g/mol. The van der Waals surface area contributed by atoms with Crippen molar-refractivity contribution >= 4 is 33.3 Å². The van der Waals surface area contributed by atoms with Crippen molar-refractivity contribution in [1.29, 1.82) is 0 Å². The lowest BCUT2D eigenvalue weighted by Gasteiger charge is -2.13. The number of aromatic nitrogens is 2. The van der Waals surface area contributed by atoms with Gasteiger partial charge >= 0.3 is 0 Å². The van der Waals surface area contributed by atoms with Gasteiger partial charge in [-0.15, -0.1) is 0 Å². The molecule has 4 aromatic rings. The van der Waals surface area contributed by atoms with Gasteiger partial charge in [-0.2, -0.15) is 5.10 Å². The summed E-state index contributed by atoms with van der Waals surface area (Å²) in [7, 11) is 0. The van der Waals surface area contributed by atoms with Gasteiger partial charge in [-0.05, 0) is 54.8 Å². The van der Waals surface area contributed by atoms with E-state index in [9.17, 15) is 4.79 Å². The number of nitrogens with zero attached hydrogens (tertiary/aromatic N) is 3. The van der Waals surface area contributed by atoms with Crippen LogP contribution in [0, 0.1) is 0 Å². The van der Waals surface area contributed by atoms with E-state index < -0.39 is 0 Å². The van der Waals surface area contributed by atoms with Gasteiger partial charge in [0, 0.05) is 19.8 Å². The molecule has 0 aliphatic carbocycles. The third-order valence-electron chi connectivity index (χ3n) is 5.23. The fourth-order valence-electron chi connectivity index (χ4n) is 3.54. The first kappa shape index (κ1) is 20.8. The molecule has 0 fully saturated rings. The van der Waals surface area contributed by atoms with E-state index in [0.717, 1.165) is 23.1 Å². The van der Waals surface area contributed by atoms with Crippen molar-refractivity contribution in [1.82, 2.24) is 9.55 Å². The Morgan fingerprint density at radius 1 is 1.06 bits per heavy atom. The molecule has 6 heteroatoms. The zero-order valence-electron chi connectivity index (χ0n) is 17.8. The van der Waals surface area contributed by atoms with Crippen molar-refractivity contribution in [2.24, 2.45) is 5.10 Å². The third kappa shape index (κ3) is 4.64. The highest BCUT2D eigenvalue weighted by molar-refractivity contribution is 6.02. The normalized spacial score (nSPS) is 11.9. The average Bonchev–Trinajstić information content (AvgIpc) is 2.81. The predicted molar refractivity (Wildman–Crippen MR) is 127 cm³/mol. The number of hydrogen-bond acceptors (Lipinski definition) is 5. The van der Waals surface area contributed by atoms with Gasteiger partial charge in [0.2, 0.25) is 5.95 Å². The van der Waals surface area contributed by atoms with Gasteiger partial charge < -0.3 is 4.74 Å². The minimum absolute atomic E-state index is 0.0804. The van der Waals surface area contributed by atoms with Crippen LogP contribution in [0.3, 0.4) is 0 Å². The minimum atomic E-state index is -0.0804. The van der Waals surface area contributed by atoms with Crippen LogP contribution in [0.2, 0.25) is 0 Å². The molecule has 4 rings (SSSR count). The van der Waals surface area contributed by atoms with Crippen LogP contribution < -0.4 is 11.0 Å². The highest BCUT2D eigenvalue weighted by Crippen LogP contribution is 2.17. The number of anilines is 1. The fourth-order valence-corrected chi connectivity index (χ4v) is 3.54. The van der Waals surface area contributed by atoms with Crippen LogP contribution in [-0.4, -0.2) is 28.5 Å². The largest absolute Gasteiger partial charge is 0.382 e. The number of hydrazone groups is 1. The number of nitrogens with one attached hydrogen (secondary N) is 1. The maximum absolute atomic E-state index is 13.1. The molecule has 31 heavy (non-hydrogen) atoms. The predicted octanol–water partition coefficient (Wildman–Crippen LogP) is 4.81. The van der Waals surface area contributed by atoms with Gasteiger partial charge in [0.15, 0.2) is 0 Å². The molecule has 1 heterocycles. The van der Waals surface area contributed by atoms with E-state index in [1.807, 2.05) is 50.2 Å². The van der Waals surface area contributed by atoms with E-state index in [2.05, 4.69) is 39.8 Å². The van der Waals surface area contributed by atoms with Gasteiger partial charge in [0.05, 0.1) is 16.6 Å². The lowest BCUT2D eigenvalue weighted by molar-refractivity contribution is 0.141. The maximum atomic E-state index is 13.1. The van der Waals surface area contributed by atoms with Crippen LogP contribution in [0.15, 0.2) is 76.6 Å². The fraction of sp³-hybridized carbons (Fsp3) is 0.240. The van der Waals surface area contributed by atoms with Crippen molar-refractivity contribution in [3.8, 4) is 0 Å². The standard InChI is InChI=1S/C25H26N4O2/c1-3-31-16-8-15-29-24(30)22-11-6-7-12-23(22)26-25(29)28-27-18(2)20-14-13-19-9-4-5-10-21(19)17-20/h4-7,9-14,17H,3,8,15-16H2,1-2H3,(H,26,28)/b27-18-. The van der Waals surface area contributed by atoms with E-state index in [4.69, 9.17) is 4.74 Å². The highest BCUT2D eigenvalue weighted by atomic mass is 16.5. The minimum Gasteiger partial charge on any atom is -0.382 e. The molecule has 3 aromatic carbocycles. The molecule has 0 amide bonds. The van der Waals surface area contributed by atoms with Gasteiger partial charge in [-0.25, -0.2) is 10.4 Å². The van der Waals surface area contributed by atoms with Crippen LogP contribution >= 0.6 is 0 Å². The first-order chi connectivity index (χ1) is 15.2. The van der Waals surface area contributed by atoms with Gasteiger partial charge in [0.1, 0.15) is 0 Å². The summed E-state index contributed by atoms with van der Waals surface area (Å²) in [5.41, 5.74) is 5.43. The zero-order chi connectivity index (χ0) is 21.6. The molecule has 0 spiro atoms. The molecular weight excluding hydrogens is 388 g/mol. The molecule has 1 aromatic heterocycles. The van der Waals surface area contributed by atoms with Gasteiger partial charge in [-0.1, -0.05) is 48.5 Å². The summed E-state index contributed by atoms with van der Waals surface area (Å²) in [6, 6.07) is 21.8. The lowest BCUT2D eigenvalue weighted by Crippen LogP contribution is -2.25. The maximum Gasteiger partial charge on any atom is 0.262 e. The SMILES string of the molecule is CCOCCCn1c(N/N=C(/C)c2ccc3ccccc3c2)nc2ccccc2c1=O. The van der Waals surface area contributed by atoms with Crippen LogP contribution in [-0.2, 0) is 11.3 Å². The van der Waals surface area contributed by atoms with Crippen molar-refractivity contribution in [3.05, 3.63) is 82.6 Å². The summed E-state index contributed by atoms with van der Waals surface area (Å²) in [5, 5.41) is 7.48. The monoisotopic (exact) mass is 414 g/mol. The van der Waals surface area contributed by atoms with Crippen LogP contribution in [0.5, 0.6) is 0 Å². The summed E-state index contributed by atoms with van der Waals surface area (Å²) in [5.74, 6) is 0.431. The Hall–Kier alpha value is -3.51. The molecule has 6 nitrogen and oxygen atoms in total. The molecule has 0 saturated heterocycles. The van der Waals surface area contributed by atoms with Crippen molar-refractivity contribution in [2.45, 2.75) is 26.8 Å². The van der Waals surface area contributed by atoms with Crippen LogP contribution in [0.25, 0.3) is 21.7 Å². The Bertz CT molecular complexity index is 1290. The number of ether oxygens (including phenoxy) is 1. The molecule has 0 atom stereocenters. The van der Waals surface area contributed by atoms with Gasteiger partial charge in [-0.3, -0.25) is 9.36 Å². The zero-order valence-corrected chi connectivity index (χ0v) is 17.8. The van der Waals surface area contributed by atoms with Crippen LogP contribution in [0.4, 0.5) is 5.95 Å². The second-order valence-electron chi connectivity index (χ2n) is 7.33. The number of benzene rings is 3. The Balaban J connectivity index is 1.65. The second-order valence-corrected chi connectivity index (χ2v) is 7.33. The van der Waals surface area contributed by atoms with Crippen molar-refractivity contribution in [3.63, 3.8) is 0 Å². The highest BCUT2D eigenvalue weighted by Gasteiger charge is 2.11. The van der Waals surface area contributed by atoms with Gasteiger partial charge in [0.25, 0.3) is 5.56 Å². The molecule has 158 valence electrons. The quantitative estimate of drug-likeness (QED) is 0.255. The van der Waals surface area contributed by atoms with Crippen molar-refractivity contribution < 1.29 is 4.74 Å². The number of para-hydroxylation sites is 1. The van der Waals surface area contributed by atoms with E-state index in [0.29, 0.717) is 36.6 Å². The molecule has 1 N–H and O–H groups in total. The van der Waals surface area contributed by atoms with E-state index in [1.165, 1.54) is 5.39 Å². The van der Waals surface area contributed by atoms with Crippen LogP contribution in [0.1, 0.15) is 25.8 Å². The van der Waals surface area contributed by atoms with E-state index >= 15 is 0 Å². The Labute approximate surface area is 181 Å². The smallest absolute Gasteiger partial charge is 0.262 e. The summed E-state index contributed by atoms with van der Waals surface area (Å²) in [6.07, 6.45) is 0.718. The molecule has 0 radical (unpaired) electrons. The number of fused-ring (bicyclic) bond motifs is 2. The summed E-state index contributed by atoms with van der Waals surface area (Å²) in [4.78, 5) is 17.7. The Kier molecular flexibility index (Phi) is 6.38. The summed E-state index contributed by atoms with van der Waals surface area (Å²) < 4.78 is 7.07. The van der Waals surface area contributed by atoms with Crippen molar-refractivity contribution in [2.75, 3.05) is 18.6 Å². The van der Waals surface area contributed by atoms with E-state index in [1.54, 1.807) is 10.6 Å². The first-order valence-corrected chi connectivity index (χ1v) is 10.5. The van der Waals surface area contributed by atoms with E-state index in [-0.39, 0.29) is 5.56 Å². The molecule has 0 bridgehead atoms. The first-order valence-electron chi connectivity index (χ1n) is 10.5. The topological polar surface area (TPSA) is 68.5 Å². The molecule has 0 aliphatic rings. The molecule has 0 saturated carbocycles. The molecular formula is C25H26N4O2. The summed E-state index contributed by atoms with van der Waals surface area (Å²) in [6.45, 7) is 5.65. The third-order valence-corrected chi connectivity index (χ3v) is 5.23. The summed E-state index contributed by atoms with van der Waals surface area (Å²) >= 11 is 0. The Morgan fingerprint density at radius 2 is 1.84 bits per heavy atom. The Morgan fingerprint density at radius 3 is 2.68 bits per heavy atom. The molecule has 0 aliphatic heterocycles. The number of hydrogen-bond donors (Lipinski definition) is 1. The second kappa shape index (κ2) is 9.53. The molecule has 0 unspecified atom stereocenters.